The average Bonchev–Trinajstić information content (AvgIpc) is 2.60. The van der Waals surface area contributed by atoms with Gasteiger partial charge in [-0.1, -0.05) is 6.07 Å². The van der Waals surface area contributed by atoms with Gasteiger partial charge in [0.25, 0.3) is 0 Å². The zero-order valence-corrected chi connectivity index (χ0v) is 13.8. The first kappa shape index (κ1) is 17.1. The Morgan fingerprint density at radius 3 is 2.44 bits per heavy atom. The Kier molecular flexibility index (Phi) is 4.83. The molecule has 1 fully saturated rings. The van der Waals surface area contributed by atoms with Crippen LogP contribution >= 0.6 is 0 Å². The van der Waals surface area contributed by atoms with Gasteiger partial charge in [0.05, 0.1) is 5.69 Å². The molecule has 5 nitrogen and oxygen atoms in total. The van der Waals surface area contributed by atoms with Crippen LogP contribution in [-0.2, 0) is 0 Å². The molecule has 1 N–H and O–H groups in total. The fourth-order valence-electron chi connectivity index (χ4n) is 3.10. The van der Waals surface area contributed by atoms with Crippen molar-refractivity contribution in [3.8, 4) is 11.3 Å². The van der Waals surface area contributed by atoms with E-state index in [1.54, 1.807) is 19.2 Å². The molecule has 3 rings (SSSR count). The van der Waals surface area contributed by atoms with Gasteiger partial charge in [-0.3, -0.25) is 0 Å². The van der Waals surface area contributed by atoms with E-state index in [1.165, 1.54) is 17.0 Å². The third-order valence-corrected chi connectivity index (χ3v) is 4.53. The number of nitrogens with zero attached hydrogens (tertiary/aromatic N) is 3. The van der Waals surface area contributed by atoms with Gasteiger partial charge in [-0.2, -0.15) is 0 Å². The summed E-state index contributed by atoms with van der Waals surface area (Å²) in [7, 11) is 1.58. The molecular weight excluding hydrogens is 328 g/mol. The summed E-state index contributed by atoms with van der Waals surface area (Å²) in [4.78, 5) is 19.0. The van der Waals surface area contributed by atoms with Gasteiger partial charge in [-0.05, 0) is 37.1 Å². The number of hydrogen-bond acceptors (Lipinski definition) is 3. The van der Waals surface area contributed by atoms with Crippen LogP contribution in [0.15, 0.2) is 36.4 Å². The third kappa shape index (κ3) is 3.87. The van der Waals surface area contributed by atoms with Crippen molar-refractivity contribution in [2.45, 2.75) is 18.9 Å². The second-order valence-corrected chi connectivity index (χ2v) is 6.15. The van der Waals surface area contributed by atoms with Crippen LogP contribution in [0, 0.1) is 11.6 Å². The predicted molar refractivity (Wildman–Crippen MR) is 90.6 cm³/mol. The largest absolute Gasteiger partial charge is 0.465 e. The highest BCUT2D eigenvalue weighted by atomic mass is 19.1. The van der Waals surface area contributed by atoms with Crippen LogP contribution in [-0.4, -0.2) is 47.3 Å². The van der Waals surface area contributed by atoms with E-state index in [-0.39, 0.29) is 6.04 Å². The van der Waals surface area contributed by atoms with E-state index >= 15 is 0 Å². The topological polar surface area (TPSA) is 56.7 Å². The zero-order chi connectivity index (χ0) is 18.0. The van der Waals surface area contributed by atoms with Crippen molar-refractivity contribution in [2.75, 3.05) is 25.0 Å². The van der Waals surface area contributed by atoms with Gasteiger partial charge in [-0.25, -0.2) is 18.6 Å². The number of carboxylic acid groups (broad SMARTS) is 1. The molecule has 0 bridgehead atoms. The second-order valence-electron chi connectivity index (χ2n) is 6.15. The minimum absolute atomic E-state index is 0.00533. The number of anilines is 1. The first-order chi connectivity index (χ1) is 11.9. The lowest BCUT2D eigenvalue weighted by atomic mass is 10.0. The Bertz CT molecular complexity index is 756. The van der Waals surface area contributed by atoms with Gasteiger partial charge < -0.3 is 14.9 Å². The summed E-state index contributed by atoms with van der Waals surface area (Å²) in [6.45, 7) is 1.35. The number of hydrogen-bond donors (Lipinski definition) is 1. The lowest BCUT2D eigenvalue weighted by Gasteiger charge is -2.36. The van der Waals surface area contributed by atoms with Gasteiger partial charge in [0.15, 0.2) is 0 Å². The van der Waals surface area contributed by atoms with E-state index in [1.807, 2.05) is 6.07 Å². The first-order valence-corrected chi connectivity index (χ1v) is 8.08. The summed E-state index contributed by atoms with van der Waals surface area (Å²) in [5, 5.41) is 9.06. The zero-order valence-electron chi connectivity index (χ0n) is 13.8. The molecule has 2 heterocycles. The van der Waals surface area contributed by atoms with E-state index in [4.69, 9.17) is 5.11 Å². The van der Waals surface area contributed by atoms with Crippen LogP contribution in [0.5, 0.6) is 0 Å². The highest BCUT2D eigenvalue weighted by Crippen LogP contribution is 2.25. The van der Waals surface area contributed by atoms with Gasteiger partial charge in [0.1, 0.15) is 17.5 Å². The minimum atomic E-state index is -0.924. The van der Waals surface area contributed by atoms with Gasteiger partial charge >= 0.3 is 6.09 Å². The first-order valence-electron chi connectivity index (χ1n) is 8.08. The standard InChI is InChI=1S/C18H19F2N3O2/c1-22(18(24)25)15-5-7-23(8-6-15)17-4-2-3-16(21-17)12-9-13(19)11-14(20)10-12/h2-4,9-11,15H,5-8H2,1H3,(H,24,25). The number of pyridine rings is 1. The van der Waals surface area contributed by atoms with E-state index in [9.17, 15) is 13.6 Å². The molecule has 1 aliphatic heterocycles. The molecule has 0 atom stereocenters. The second kappa shape index (κ2) is 7.04. The Balaban J connectivity index is 1.75. The van der Waals surface area contributed by atoms with Gasteiger partial charge in [0, 0.05) is 37.8 Å². The van der Waals surface area contributed by atoms with Crippen LogP contribution in [0.3, 0.4) is 0 Å². The predicted octanol–water partition coefficient (Wildman–Crippen LogP) is 3.61. The Hall–Kier alpha value is -2.70. The van der Waals surface area contributed by atoms with E-state index in [0.29, 0.717) is 37.2 Å². The summed E-state index contributed by atoms with van der Waals surface area (Å²) in [5.41, 5.74) is 0.889. The molecule has 25 heavy (non-hydrogen) atoms. The molecule has 132 valence electrons. The molecule has 2 aromatic rings. The van der Waals surface area contributed by atoms with Crippen molar-refractivity contribution in [1.29, 1.82) is 0 Å². The molecule has 7 heteroatoms. The molecule has 1 saturated heterocycles. The number of amides is 1. The van der Waals surface area contributed by atoms with Gasteiger partial charge in [0.2, 0.25) is 0 Å². The Labute approximate surface area is 144 Å². The van der Waals surface area contributed by atoms with E-state index in [2.05, 4.69) is 9.88 Å². The molecule has 1 amide bonds. The average molecular weight is 347 g/mol. The van der Waals surface area contributed by atoms with Crippen molar-refractivity contribution >= 4 is 11.9 Å². The molecule has 0 spiro atoms. The third-order valence-electron chi connectivity index (χ3n) is 4.53. The fourth-order valence-corrected chi connectivity index (χ4v) is 3.10. The molecule has 0 unspecified atom stereocenters. The maximum Gasteiger partial charge on any atom is 0.407 e. The summed E-state index contributed by atoms with van der Waals surface area (Å²) in [6.07, 6.45) is 0.499. The van der Waals surface area contributed by atoms with Crippen LogP contribution in [0.4, 0.5) is 19.4 Å². The number of benzene rings is 1. The van der Waals surface area contributed by atoms with Crippen molar-refractivity contribution in [3.63, 3.8) is 0 Å². The molecule has 1 aromatic heterocycles. The SMILES string of the molecule is CN(C(=O)O)C1CCN(c2cccc(-c3cc(F)cc(F)c3)n2)CC1. The number of rotatable bonds is 3. The number of piperidine rings is 1. The molecule has 0 radical (unpaired) electrons. The number of carbonyl (C=O) groups is 1. The lowest BCUT2D eigenvalue weighted by molar-refractivity contribution is 0.131. The van der Waals surface area contributed by atoms with Crippen molar-refractivity contribution in [1.82, 2.24) is 9.88 Å². The summed E-state index contributed by atoms with van der Waals surface area (Å²) in [6, 6.07) is 8.69. The summed E-state index contributed by atoms with van der Waals surface area (Å²) < 4.78 is 26.8. The smallest absolute Gasteiger partial charge is 0.407 e. The van der Waals surface area contributed by atoms with Crippen LogP contribution in [0.1, 0.15) is 12.8 Å². The Morgan fingerprint density at radius 1 is 1.20 bits per heavy atom. The molecule has 0 aliphatic carbocycles. The fraction of sp³-hybridized carbons (Fsp3) is 0.333. The lowest BCUT2D eigenvalue weighted by Crippen LogP contribution is -2.45. The normalized spacial score (nSPS) is 15.2. The van der Waals surface area contributed by atoms with Crippen molar-refractivity contribution < 1.29 is 18.7 Å². The van der Waals surface area contributed by atoms with Crippen LogP contribution < -0.4 is 4.90 Å². The molecule has 0 saturated carbocycles. The number of aromatic nitrogens is 1. The summed E-state index contributed by atoms with van der Waals surface area (Å²) in [5.74, 6) is -0.557. The molecule has 1 aliphatic rings. The maximum absolute atomic E-state index is 13.4. The summed E-state index contributed by atoms with van der Waals surface area (Å²) >= 11 is 0. The molecular formula is C18H19F2N3O2. The van der Waals surface area contributed by atoms with Crippen LogP contribution in [0.2, 0.25) is 0 Å². The van der Waals surface area contributed by atoms with Crippen molar-refractivity contribution in [3.05, 3.63) is 48.0 Å². The Morgan fingerprint density at radius 2 is 1.84 bits per heavy atom. The number of halogens is 2. The van der Waals surface area contributed by atoms with Gasteiger partial charge in [-0.15, -0.1) is 0 Å². The quantitative estimate of drug-likeness (QED) is 0.922. The minimum Gasteiger partial charge on any atom is -0.465 e. The van der Waals surface area contributed by atoms with Crippen molar-refractivity contribution in [2.24, 2.45) is 0 Å². The molecule has 1 aromatic carbocycles. The highest BCUT2D eigenvalue weighted by molar-refractivity contribution is 5.65. The maximum atomic E-state index is 13.4. The van der Waals surface area contributed by atoms with E-state index in [0.717, 1.165) is 11.9 Å². The van der Waals surface area contributed by atoms with E-state index < -0.39 is 17.7 Å². The van der Waals surface area contributed by atoms with Crippen LogP contribution in [0.25, 0.3) is 11.3 Å². The monoisotopic (exact) mass is 347 g/mol. The highest BCUT2D eigenvalue weighted by Gasteiger charge is 2.25.